The highest BCUT2D eigenvalue weighted by atomic mass is 32.1. The zero-order valence-corrected chi connectivity index (χ0v) is 9.83. The maximum Gasteiger partial charge on any atom is 0.171 e. The first-order valence-corrected chi connectivity index (χ1v) is 6.27. The monoisotopic (exact) mass is 244 g/mol. The second-order valence-electron chi connectivity index (χ2n) is 4.12. The zero-order valence-electron chi connectivity index (χ0n) is 9.02. The summed E-state index contributed by atoms with van der Waals surface area (Å²) in [6.45, 7) is 1.13. The van der Waals surface area contributed by atoms with E-state index in [1.165, 1.54) is 0 Å². The van der Waals surface area contributed by atoms with Crippen LogP contribution in [0.1, 0.15) is 12.8 Å². The first-order chi connectivity index (χ1) is 7.79. The molecule has 16 heavy (non-hydrogen) atoms. The molecule has 0 radical (unpaired) electrons. The summed E-state index contributed by atoms with van der Waals surface area (Å²) in [5.74, 6) is 1.53. The number of ether oxygens (including phenoxy) is 2. The van der Waals surface area contributed by atoms with Gasteiger partial charge in [-0.25, -0.2) is 0 Å². The molecule has 2 heterocycles. The highest BCUT2D eigenvalue weighted by molar-refractivity contribution is 7.08. The molecule has 1 aromatic heterocycles. The molecule has 1 aromatic rings. The van der Waals surface area contributed by atoms with Crippen LogP contribution in [0.3, 0.4) is 0 Å². The van der Waals surface area contributed by atoms with Crippen molar-refractivity contribution in [1.82, 2.24) is 0 Å². The lowest BCUT2D eigenvalue weighted by Crippen LogP contribution is -2.35. The van der Waals surface area contributed by atoms with Crippen molar-refractivity contribution in [3.05, 3.63) is 10.8 Å². The second kappa shape index (κ2) is 5.03. The van der Waals surface area contributed by atoms with Crippen LogP contribution >= 0.6 is 11.3 Å². The summed E-state index contributed by atoms with van der Waals surface area (Å²) in [4.78, 5) is 0. The van der Waals surface area contributed by atoms with Crippen molar-refractivity contribution < 1.29 is 19.7 Å². The van der Waals surface area contributed by atoms with Gasteiger partial charge >= 0.3 is 0 Å². The first-order valence-electron chi connectivity index (χ1n) is 5.33. The lowest BCUT2D eigenvalue weighted by Gasteiger charge is -2.29. The molecule has 0 aromatic carbocycles. The lowest BCUT2D eigenvalue weighted by atomic mass is 9.83. The van der Waals surface area contributed by atoms with E-state index < -0.39 is 0 Å². The first kappa shape index (κ1) is 11.7. The van der Waals surface area contributed by atoms with Crippen LogP contribution in [0, 0.1) is 5.41 Å². The summed E-state index contributed by atoms with van der Waals surface area (Å²) in [6, 6.07) is 0. The molecule has 0 amide bonds. The Hall–Kier alpha value is -0.780. The molecule has 0 saturated carbocycles. The minimum atomic E-state index is -0.278. The third-order valence-electron chi connectivity index (χ3n) is 2.94. The number of thiophene rings is 1. The standard InChI is InChI=1S/C11H16O4S/c12-3-1-11(2-4-13)7-14-9-5-16-6-10(9)15-8-11/h5-6,12-13H,1-4,7-8H2. The molecule has 1 aliphatic heterocycles. The van der Waals surface area contributed by atoms with E-state index in [9.17, 15) is 0 Å². The van der Waals surface area contributed by atoms with Crippen LogP contribution in [-0.2, 0) is 0 Å². The topological polar surface area (TPSA) is 58.9 Å². The normalized spacial score (nSPS) is 18.1. The summed E-state index contributed by atoms with van der Waals surface area (Å²) in [7, 11) is 0. The van der Waals surface area contributed by atoms with E-state index in [0.29, 0.717) is 26.1 Å². The van der Waals surface area contributed by atoms with Crippen molar-refractivity contribution in [2.24, 2.45) is 5.41 Å². The third-order valence-corrected chi connectivity index (χ3v) is 3.65. The van der Waals surface area contributed by atoms with E-state index in [4.69, 9.17) is 19.7 Å². The Labute approximate surface area is 98.4 Å². The maximum absolute atomic E-state index is 9.08. The van der Waals surface area contributed by atoms with Crippen LogP contribution < -0.4 is 9.47 Å². The number of hydrogen-bond donors (Lipinski definition) is 2. The summed E-state index contributed by atoms with van der Waals surface area (Å²) in [6.07, 6.45) is 1.17. The Morgan fingerprint density at radius 2 is 1.56 bits per heavy atom. The molecule has 4 nitrogen and oxygen atoms in total. The van der Waals surface area contributed by atoms with E-state index in [0.717, 1.165) is 11.5 Å². The van der Waals surface area contributed by atoms with Crippen molar-refractivity contribution in [2.75, 3.05) is 26.4 Å². The highest BCUT2D eigenvalue weighted by Gasteiger charge is 2.34. The zero-order chi connectivity index (χ0) is 11.4. The molecule has 0 spiro atoms. The number of fused-ring (bicyclic) bond motifs is 1. The Morgan fingerprint density at radius 3 is 2.00 bits per heavy atom. The number of hydrogen-bond acceptors (Lipinski definition) is 5. The fraction of sp³-hybridized carbons (Fsp3) is 0.636. The molecule has 2 rings (SSSR count). The van der Waals surface area contributed by atoms with Gasteiger partial charge < -0.3 is 19.7 Å². The molecule has 5 heteroatoms. The fourth-order valence-corrected chi connectivity index (χ4v) is 2.56. The van der Waals surface area contributed by atoms with Gasteiger partial charge in [0.15, 0.2) is 11.5 Å². The van der Waals surface area contributed by atoms with Crippen LogP contribution in [0.2, 0.25) is 0 Å². The molecular formula is C11H16O4S. The van der Waals surface area contributed by atoms with Gasteiger partial charge in [0.25, 0.3) is 0 Å². The van der Waals surface area contributed by atoms with Gasteiger partial charge in [0.05, 0.1) is 13.2 Å². The predicted molar refractivity (Wildman–Crippen MR) is 61.1 cm³/mol. The van der Waals surface area contributed by atoms with Gasteiger partial charge in [-0.3, -0.25) is 0 Å². The molecule has 0 atom stereocenters. The minimum Gasteiger partial charge on any atom is -0.488 e. The molecule has 2 N–H and O–H groups in total. The Bertz CT molecular complexity index is 306. The van der Waals surface area contributed by atoms with Gasteiger partial charge in [0.2, 0.25) is 0 Å². The summed E-state index contributed by atoms with van der Waals surface area (Å²) in [5, 5.41) is 22.0. The van der Waals surface area contributed by atoms with Crippen molar-refractivity contribution in [1.29, 1.82) is 0 Å². The van der Waals surface area contributed by atoms with Gasteiger partial charge in [-0.1, -0.05) is 0 Å². The highest BCUT2D eigenvalue weighted by Crippen LogP contribution is 2.39. The summed E-state index contributed by atoms with van der Waals surface area (Å²) >= 11 is 1.54. The fourth-order valence-electron chi connectivity index (χ4n) is 1.88. The lowest BCUT2D eigenvalue weighted by molar-refractivity contribution is 0.0475. The second-order valence-corrected chi connectivity index (χ2v) is 4.87. The van der Waals surface area contributed by atoms with Crippen molar-refractivity contribution >= 4 is 11.3 Å². The van der Waals surface area contributed by atoms with E-state index in [-0.39, 0.29) is 18.6 Å². The molecule has 0 saturated heterocycles. The van der Waals surface area contributed by atoms with E-state index >= 15 is 0 Å². The molecule has 1 aliphatic rings. The van der Waals surface area contributed by atoms with Crippen molar-refractivity contribution in [3.63, 3.8) is 0 Å². The van der Waals surface area contributed by atoms with Gasteiger partial charge in [-0.05, 0) is 12.8 Å². The SMILES string of the molecule is OCCC1(CCO)COc2cscc2OC1. The molecule has 0 unspecified atom stereocenters. The number of rotatable bonds is 4. The van der Waals surface area contributed by atoms with E-state index in [2.05, 4.69) is 0 Å². The third kappa shape index (κ3) is 2.31. The number of aliphatic hydroxyl groups excluding tert-OH is 2. The predicted octanol–water partition coefficient (Wildman–Crippen LogP) is 1.27. The van der Waals surface area contributed by atoms with Crippen LogP contribution in [-0.4, -0.2) is 36.6 Å². The smallest absolute Gasteiger partial charge is 0.171 e. The van der Waals surface area contributed by atoms with Crippen LogP contribution in [0.15, 0.2) is 10.8 Å². The van der Waals surface area contributed by atoms with E-state index in [1.54, 1.807) is 11.3 Å². The van der Waals surface area contributed by atoms with Gasteiger partial charge in [0.1, 0.15) is 0 Å². The average molecular weight is 244 g/mol. The van der Waals surface area contributed by atoms with Gasteiger partial charge in [-0.15, -0.1) is 11.3 Å². The van der Waals surface area contributed by atoms with Crippen molar-refractivity contribution in [3.8, 4) is 11.5 Å². The summed E-state index contributed by atoms with van der Waals surface area (Å²) < 4.78 is 11.3. The maximum atomic E-state index is 9.08. The molecule has 90 valence electrons. The average Bonchev–Trinajstić information content (AvgIpc) is 2.66. The largest absolute Gasteiger partial charge is 0.488 e. The van der Waals surface area contributed by atoms with Crippen LogP contribution in [0.5, 0.6) is 11.5 Å². The van der Waals surface area contributed by atoms with Gasteiger partial charge in [-0.2, -0.15) is 0 Å². The Kier molecular flexibility index (Phi) is 3.68. The van der Waals surface area contributed by atoms with Crippen molar-refractivity contribution in [2.45, 2.75) is 12.8 Å². The number of aliphatic hydroxyl groups is 2. The minimum absolute atomic E-state index is 0.0829. The quantitative estimate of drug-likeness (QED) is 0.837. The van der Waals surface area contributed by atoms with E-state index in [1.807, 2.05) is 10.8 Å². The summed E-state index contributed by atoms with van der Waals surface area (Å²) in [5.41, 5.74) is -0.278. The molecular weight excluding hydrogens is 228 g/mol. The van der Waals surface area contributed by atoms with Gasteiger partial charge in [0, 0.05) is 29.4 Å². The van der Waals surface area contributed by atoms with Crippen LogP contribution in [0.4, 0.5) is 0 Å². The Balaban J connectivity index is 2.10. The Morgan fingerprint density at radius 1 is 1.06 bits per heavy atom. The molecule has 0 bridgehead atoms. The molecule has 0 fully saturated rings. The molecule has 0 aliphatic carbocycles. The van der Waals surface area contributed by atoms with Crippen LogP contribution in [0.25, 0.3) is 0 Å².